The first-order valence-corrected chi connectivity index (χ1v) is 7.29. The van der Waals surface area contributed by atoms with E-state index in [0.717, 1.165) is 11.8 Å². The van der Waals surface area contributed by atoms with Crippen LogP contribution < -0.4 is 5.73 Å². The van der Waals surface area contributed by atoms with Gasteiger partial charge in [0, 0.05) is 11.6 Å². The molecule has 3 heteroatoms. The second-order valence-corrected chi connectivity index (χ2v) is 6.71. The molecule has 3 fully saturated rings. The molecule has 3 saturated carbocycles. The lowest BCUT2D eigenvalue weighted by atomic mass is 9.93. The summed E-state index contributed by atoms with van der Waals surface area (Å²) in [5.41, 5.74) is 6.98. The molecule has 1 aromatic rings. The molecular formula is C16H19F2N. The number of aryl methyl sites for hydroxylation is 1. The Hall–Kier alpha value is -0.960. The van der Waals surface area contributed by atoms with E-state index in [1.165, 1.54) is 31.4 Å². The molecule has 19 heavy (non-hydrogen) atoms. The Kier molecular flexibility index (Phi) is 2.36. The van der Waals surface area contributed by atoms with E-state index in [9.17, 15) is 8.78 Å². The van der Waals surface area contributed by atoms with Gasteiger partial charge in [0.1, 0.15) is 11.6 Å². The summed E-state index contributed by atoms with van der Waals surface area (Å²) in [6.45, 7) is 1.58. The van der Waals surface area contributed by atoms with Crippen LogP contribution in [0.15, 0.2) is 12.1 Å². The van der Waals surface area contributed by atoms with Gasteiger partial charge in [-0.3, -0.25) is 0 Å². The van der Waals surface area contributed by atoms with Gasteiger partial charge in [-0.2, -0.15) is 0 Å². The van der Waals surface area contributed by atoms with Crippen LogP contribution >= 0.6 is 0 Å². The lowest BCUT2D eigenvalue weighted by Crippen LogP contribution is -2.19. The first kappa shape index (κ1) is 11.8. The van der Waals surface area contributed by atoms with Crippen LogP contribution in [0, 0.1) is 48.1 Å². The maximum absolute atomic E-state index is 14.0. The zero-order valence-corrected chi connectivity index (χ0v) is 11.1. The van der Waals surface area contributed by atoms with Crippen LogP contribution in [0.25, 0.3) is 0 Å². The minimum atomic E-state index is -0.347. The van der Waals surface area contributed by atoms with Crippen molar-refractivity contribution in [1.82, 2.24) is 0 Å². The number of fused-ring (bicyclic) bond motifs is 5. The first-order chi connectivity index (χ1) is 9.08. The molecule has 102 valence electrons. The molecule has 0 amide bonds. The summed E-state index contributed by atoms with van der Waals surface area (Å²) in [6, 6.07) is 2.26. The number of rotatable bonds is 2. The average Bonchev–Trinajstić information content (AvgIpc) is 2.81. The van der Waals surface area contributed by atoms with E-state index in [1.807, 2.05) is 0 Å². The second kappa shape index (κ2) is 3.78. The third kappa shape index (κ3) is 1.54. The van der Waals surface area contributed by atoms with Crippen LogP contribution in [0.2, 0.25) is 0 Å². The number of halogens is 2. The van der Waals surface area contributed by atoms with E-state index in [0.29, 0.717) is 28.9 Å². The Balaban J connectivity index is 1.62. The van der Waals surface area contributed by atoms with E-state index in [2.05, 4.69) is 0 Å². The molecule has 4 rings (SSSR count). The van der Waals surface area contributed by atoms with Gasteiger partial charge in [0.15, 0.2) is 0 Å². The van der Waals surface area contributed by atoms with Crippen molar-refractivity contribution in [1.29, 1.82) is 0 Å². The normalized spacial score (nSPS) is 40.3. The molecule has 2 N–H and O–H groups in total. The zero-order valence-electron chi connectivity index (χ0n) is 11.1. The van der Waals surface area contributed by atoms with Gasteiger partial charge in [-0.15, -0.1) is 0 Å². The lowest BCUT2D eigenvalue weighted by molar-refractivity contribution is 0.408. The van der Waals surface area contributed by atoms with Crippen molar-refractivity contribution < 1.29 is 8.78 Å². The zero-order chi connectivity index (χ0) is 13.3. The highest BCUT2D eigenvalue weighted by molar-refractivity contribution is 5.31. The molecule has 1 aromatic carbocycles. The van der Waals surface area contributed by atoms with Crippen molar-refractivity contribution >= 4 is 0 Å². The van der Waals surface area contributed by atoms with Gasteiger partial charge in [-0.25, -0.2) is 8.78 Å². The van der Waals surface area contributed by atoms with Crippen molar-refractivity contribution in [3.63, 3.8) is 0 Å². The molecule has 2 bridgehead atoms. The predicted molar refractivity (Wildman–Crippen MR) is 69.3 cm³/mol. The summed E-state index contributed by atoms with van der Waals surface area (Å²) < 4.78 is 27.6. The summed E-state index contributed by atoms with van der Waals surface area (Å²) in [7, 11) is 0. The Bertz CT molecular complexity index is 526. The van der Waals surface area contributed by atoms with Gasteiger partial charge in [0.05, 0.1) is 0 Å². The highest BCUT2D eigenvalue weighted by Crippen LogP contribution is 2.71. The molecule has 5 atom stereocenters. The van der Waals surface area contributed by atoms with Gasteiger partial charge >= 0.3 is 0 Å². The van der Waals surface area contributed by atoms with E-state index in [-0.39, 0.29) is 17.7 Å². The third-order valence-corrected chi connectivity index (χ3v) is 5.85. The molecule has 0 spiro atoms. The molecule has 3 aliphatic carbocycles. The minimum Gasteiger partial charge on any atom is -0.324 e. The van der Waals surface area contributed by atoms with Crippen molar-refractivity contribution in [3.05, 3.63) is 34.9 Å². The molecule has 0 aliphatic heterocycles. The average molecular weight is 263 g/mol. The molecule has 0 heterocycles. The largest absolute Gasteiger partial charge is 0.324 e. The van der Waals surface area contributed by atoms with Gasteiger partial charge in [0.2, 0.25) is 0 Å². The maximum atomic E-state index is 14.0. The van der Waals surface area contributed by atoms with Gasteiger partial charge < -0.3 is 5.73 Å². The number of nitrogens with two attached hydrogens (primary N) is 1. The van der Waals surface area contributed by atoms with Crippen molar-refractivity contribution in [2.75, 3.05) is 0 Å². The molecule has 0 aromatic heterocycles. The smallest absolute Gasteiger partial charge is 0.128 e. The maximum Gasteiger partial charge on any atom is 0.128 e. The van der Waals surface area contributed by atoms with Crippen LogP contribution in [0.3, 0.4) is 0 Å². The summed E-state index contributed by atoms with van der Waals surface area (Å²) in [5, 5.41) is 0. The highest BCUT2D eigenvalue weighted by atomic mass is 19.1. The highest BCUT2D eigenvalue weighted by Gasteiger charge is 2.66. The quantitative estimate of drug-likeness (QED) is 0.867. The van der Waals surface area contributed by atoms with Crippen LogP contribution in [0.4, 0.5) is 8.78 Å². The van der Waals surface area contributed by atoms with Crippen LogP contribution in [0.5, 0.6) is 0 Å². The molecule has 1 nitrogen and oxygen atoms in total. The summed E-state index contributed by atoms with van der Waals surface area (Å²) in [5.74, 6) is 2.70. The fraction of sp³-hybridized carbons (Fsp3) is 0.625. The lowest BCUT2D eigenvalue weighted by Gasteiger charge is -2.17. The second-order valence-electron chi connectivity index (χ2n) is 6.71. The third-order valence-electron chi connectivity index (χ3n) is 5.85. The van der Waals surface area contributed by atoms with E-state index >= 15 is 0 Å². The van der Waals surface area contributed by atoms with Crippen LogP contribution in [0.1, 0.15) is 36.4 Å². The molecule has 3 aliphatic rings. The minimum absolute atomic E-state index is 0.325. The summed E-state index contributed by atoms with van der Waals surface area (Å²) in [6.07, 6.45) is 3.99. The van der Waals surface area contributed by atoms with Gasteiger partial charge in [-0.05, 0) is 73.5 Å². The molecule has 0 radical (unpaired) electrons. The molecule has 5 unspecified atom stereocenters. The standard InChI is InChI=1S/C16H19F2N/c1-7-4-12(18)10(6-11(7)17)16(19)15-13-8-2-3-9(5-8)14(13)15/h4,6,8-9,13-16H,2-3,5,19H2,1H3. The number of benzene rings is 1. The van der Waals surface area contributed by atoms with Gasteiger partial charge in [0.25, 0.3) is 0 Å². The predicted octanol–water partition coefficient (Wildman–Crippen LogP) is 3.57. The fourth-order valence-corrected chi connectivity index (χ4v) is 5.00. The van der Waals surface area contributed by atoms with Crippen LogP contribution in [-0.4, -0.2) is 0 Å². The number of hydrogen-bond acceptors (Lipinski definition) is 1. The Morgan fingerprint density at radius 2 is 1.74 bits per heavy atom. The topological polar surface area (TPSA) is 26.0 Å². The van der Waals surface area contributed by atoms with E-state index < -0.39 is 0 Å². The number of hydrogen-bond donors (Lipinski definition) is 1. The Labute approximate surface area is 112 Å². The molecular weight excluding hydrogens is 244 g/mol. The van der Waals surface area contributed by atoms with Crippen LogP contribution in [-0.2, 0) is 0 Å². The van der Waals surface area contributed by atoms with E-state index in [1.54, 1.807) is 6.92 Å². The SMILES string of the molecule is Cc1cc(F)c(C(N)C2C3C4CCC(C4)C32)cc1F. The van der Waals surface area contributed by atoms with E-state index in [4.69, 9.17) is 5.73 Å². The van der Waals surface area contributed by atoms with Gasteiger partial charge in [-0.1, -0.05) is 0 Å². The van der Waals surface area contributed by atoms with Crippen molar-refractivity contribution in [2.45, 2.75) is 32.2 Å². The van der Waals surface area contributed by atoms with Crippen molar-refractivity contribution in [2.24, 2.45) is 35.3 Å². The Morgan fingerprint density at radius 3 is 2.37 bits per heavy atom. The summed E-state index contributed by atoms with van der Waals surface area (Å²) in [4.78, 5) is 0. The Morgan fingerprint density at radius 1 is 1.11 bits per heavy atom. The first-order valence-electron chi connectivity index (χ1n) is 7.29. The molecule has 0 saturated heterocycles. The monoisotopic (exact) mass is 263 g/mol. The fourth-order valence-electron chi connectivity index (χ4n) is 5.00. The summed E-state index contributed by atoms with van der Waals surface area (Å²) >= 11 is 0. The van der Waals surface area contributed by atoms with Crippen molar-refractivity contribution in [3.8, 4) is 0 Å².